The molecular formula is C24H24O3. The maximum atomic E-state index is 5.93. The second-order valence-corrected chi connectivity index (χ2v) is 6.28. The van der Waals surface area contributed by atoms with Gasteiger partial charge in [0, 0.05) is 0 Å². The molecule has 0 saturated heterocycles. The number of methoxy groups -OCH3 is 2. The van der Waals surface area contributed by atoms with Crippen LogP contribution in [0.25, 0.3) is 12.2 Å². The zero-order valence-corrected chi connectivity index (χ0v) is 15.9. The summed E-state index contributed by atoms with van der Waals surface area (Å²) >= 11 is 0. The van der Waals surface area contributed by atoms with Gasteiger partial charge in [-0.3, -0.25) is 0 Å². The lowest BCUT2D eigenvalue weighted by Gasteiger charge is -2.08. The first kappa shape index (κ1) is 18.6. The van der Waals surface area contributed by atoms with E-state index in [1.54, 1.807) is 14.2 Å². The molecule has 0 aliphatic rings. The molecule has 0 aromatic heterocycles. The molecule has 0 aliphatic carbocycles. The van der Waals surface area contributed by atoms with E-state index in [9.17, 15) is 0 Å². The Kier molecular flexibility index (Phi) is 6.16. The molecule has 0 amide bonds. The van der Waals surface area contributed by atoms with Gasteiger partial charge in [-0.25, -0.2) is 0 Å². The number of rotatable bonds is 7. The van der Waals surface area contributed by atoms with Crippen LogP contribution in [0.4, 0.5) is 0 Å². The van der Waals surface area contributed by atoms with Gasteiger partial charge in [-0.15, -0.1) is 0 Å². The maximum Gasteiger partial charge on any atom is 0.121 e. The van der Waals surface area contributed by atoms with Gasteiger partial charge in [-0.05, 0) is 65.6 Å². The minimum Gasteiger partial charge on any atom is -0.497 e. The van der Waals surface area contributed by atoms with Crippen LogP contribution in [0.2, 0.25) is 0 Å². The monoisotopic (exact) mass is 360 g/mol. The van der Waals surface area contributed by atoms with Crippen molar-refractivity contribution in [3.63, 3.8) is 0 Å². The predicted octanol–water partition coefficient (Wildman–Crippen LogP) is 5.76. The van der Waals surface area contributed by atoms with Crippen molar-refractivity contribution in [3.05, 3.63) is 89.0 Å². The summed E-state index contributed by atoms with van der Waals surface area (Å²) in [6.07, 6.45) is 4.17. The van der Waals surface area contributed by atoms with Crippen molar-refractivity contribution in [2.45, 2.75) is 13.5 Å². The highest BCUT2D eigenvalue weighted by molar-refractivity contribution is 5.70. The summed E-state index contributed by atoms with van der Waals surface area (Å²) in [5, 5.41) is 0. The Morgan fingerprint density at radius 3 is 2.22 bits per heavy atom. The first-order chi connectivity index (χ1) is 13.2. The van der Waals surface area contributed by atoms with Crippen molar-refractivity contribution in [1.82, 2.24) is 0 Å². The van der Waals surface area contributed by atoms with E-state index in [2.05, 4.69) is 24.3 Å². The van der Waals surface area contributed by atoms with Crippen molar-refractivity contribution >= 4 is 12.2 Å². The Labute approximate surface area is 160 Å². The minimum absolute atomic E-state index is 0.502. The summed E-state index contributed by atoms with van der Waals surface area (Å²) in [4.78, 5) is 0. The number of hydrogen-bond donors (Lipinski definition) is 0. The molecule has 0 heterocycles. The van der Waals surface area contributed by atoms with Crippen molar-refractivity contribution in [2.24, 2.45) is 0 Å². The molecule has 3 rings (SSSR count). The van der Waals surface area contributed by atoms with E-state index >= 15 is 0 Å². The summed E-state index contributed by atoms with van der Waals surface area (Å²) in [7, 11) is 3.36. The number of benzene rings is 3. The van der Waals surface area contributed by atoms with Crippen LogP contribution in [0.1, 0.15) is 22.3 Å². The minimum atomic E-state index is 0.502. The Morgan fingerprint density at radius 2 is 1.48 bits per heavy atom. The molecule has 0 radical (unpaired) electrons. The largest absolute Gasteiger partial charge is 0.497 e. The lowest BCUT2D eigenvalue weighted by molar-refractivity contribution is 0.305. The second kappa shape index (κ2) is 8.95. The topological polar surface area (TPSA) is 27.7 Å². The normalized spacial score (nSPS) is 10.8. The Bertz CT molecular complexity index is 928. The molecule has 0 bridgehead atoms. The molecule has 0 fully saturated rings. The van der Waals surface area contributed by atoms with Gasteiger partial charge in [-0.2, -0.15) is 0 Å². The van der Waals surface area contributed by atoms with E-state index in [1.165, 1.54) is 0 Å². The van der Waals surface area contributed by atoms with Crippen molar-refractivity contribution in [3.8, 4) is 17.2 Å². The van der Waals surface area contributed by atoms with Crippen LogP contribution < -0.4 is 14.2 Å². The standard InChI is InChI=1S/C24H24O3/c1-18-14-20(12-13-24(18)26-3)11-10-19-6-4-9-23(15-19)27-17-21-7-5-8-22(16-21)25-2/h4-16H,17H2,1-3H3. The summed E-state index contributed by atoms with van der Waals surface area (Å²) < 4.78 is 16.5. The molecule has 3 aromatic carbocycles. The first-order valence-corrected chi connectivity index (χ1v) is 8.86. The first-order valence-electron chi connectivity index (χ1n) is 8.86. The van der Waals surface area contributed by atoms with Gasteiger partial charge in [-0.1, -0.05) is 42.5 Å². The summed E-state index contributed by atoms with van der Waals surface area (Å²) in [5.74, 6) is 2.58. The van der Waals surface area contributed by atoms with Gasteiger partial charge in [0.1, 0.15) is 23.9 Å². The average Bonchev–Trinajstić information content (AvgIpc) is 2.71. The van der Waals surface area contributed by atoms with Crippen LogP contribution in [0.5, 0.6) is 17.2 Å². The number of aryl methyl sites for hydroxylation is 1. The van der Waals surface area contributed by atoms with Crippen molar-refractivity contribution in [2.75, 3.05) is 14.2 Å². The fourth-order valence-electron chi connectivity index (χ4n) is 2.83. The van der Waals surface area contributed by atoms with Gasteiger partial charge in [0.2, 0.25) is 0 Å². The number of ether oxygens (including phenoxy) is 3. The fraction of sp³-hybridized carbons (Fsp3) is 0.167. The van der Waals surface area contributed by atoms with Crippen LogP contribution in [0.15, 0.2) is 66.7 Å². The molecule has 0 saturated carbocycles. The Balaban J connectivity index is 1.67. The van der Waals surface area contributed by atoms with Gasteiger partial charge in [0.05, 0.1) is 14.2 Å². The van der Waals surface area contributed by atoms with Crippen molar-refractivity contribution < 1.29 is 14.2 Å². The van der Waals surface area contributed by atoms with E-state index in [1.807, 2.05) is 61.5 Å². The quantitative estimate of drug-likeness (QED) is 0.501. The van der Waals surface area contributed by atoms with E-state index in [0.29, 0.717) is 6.61 Å². The average molecular weight is 360 g/mol. The highest BCUT2D eigenvalue weighted by Gasteiger charge is 2.00. The van der Waals surface area contributed by atoms with Crippen LogP contribution >= 0.6 is 0 Å². The lowest BCUT2D eigenvalue weighted by Crippen LogP contribution is -1.96. The van der Waals surface area contributed by atoms with E-state index in [-0.39, 0.29) is 0 Å². The van der Waals surface area contributed by atoms with E-state index < -0.39 is 0 Å². The highest BCUT2D eigenvalue weighted by atomic mass is 16.5. The predicted molar refractivity (Wildman–Crippen MR) is 110 cm³/mol. The summed E-state index contributed by atoms with van der Waals surface area (Å²) in [6.45, 7) is 2.55. The fourth-order valence-corrected chi connectivity index (χ4v) is 2.83. The Morgan fingerprint density at radius 1 is 0.741 bits per heavy atom. The zero-order chi connectivity index (χ0) is 19.1. The lowest BCUT2D eigenvalue weighted by atomic mass is 10.1. The van der Waals surface area contributed by atoms with Crippen LogP contribution in [0.3, 0.4) is 0 Å². The molecule has 3 heteroatoms. The smallest absolute Gasteiger partial charge is 0.121 e. The second-order valence-electron chi connectivity index (χ2n) is 6.28. The molecule has 0 unspecified atom stereocenters. The van der Waals surface area contributed by atoms with Crippen molar-refractivity contribution in [1.29, 1.82) is 0 Å². The molecule has 27 heavy (non-hydrogen) atoms. The number of hydrogen-bond acceptors (Lipinski definition) is 3. The van der Waals surface area contributed by atoms with Gasteiger partial charge < -0.3 is 14.2 Å². The molecule has 138 valence electrons. The van der Waals surface area contributed by atoms with Crippen LogP contribution in [0, 0.1) is 6.92 Å². The van der Waals surface area contributed by atoms with Gasteiger partial charge in [0.15, 0.2) is 0 Å². The van der Waals surface area contributed by atoms with E-state index in [0.717, 1.165) is 39.5 Å². The SMILES string of the molecule is COc1cccc(COc2cccc(C=Cc3ccc(OC)c(C)c3)c2)c1. The summed E-state index contributed by atoms with van der Waals surface area (Å²) in [6, 6.07) is 22.1. The third kappa shape index (κ3) is 5.14. The van der Waals surface area contributed by atoms with Crippen LogP contribution in [-0.4, -0.2) is 14.2 Å². The molecule has 3 aromatic rings. The van der Waals surface area contributed by atoms with E-state index in [4.69, 9.17) is 14.2 Å². The molecule has 0 atom stereocenters. The highest BCUT2D eigenvalue weighted by Crippen LogP contribution is 2.21. The third-order valence-electron chi connectivity index (χ3n) is 4.28. The maximum absolute atomic E-state index is 5.93. The molecule has 0 N–H and O–H groups in total. The summed E-state index contributed by atoms with van der Waals surface area (Å²) in [5.41, 5.74) is 4.42. The van der Waals surface area contributed by atoms with Crippen LogP contribution in [-0.2, 0) is 6.61 Å². The molecule has 0 aliphatic heterocycles. The third-order valence-corrected chi connectivity index (χ3v) is 4.28. The Hall–Kier alpha value is -3.20. The molecule has 3 nitrogen and oxygen atoms in total. The van der Waals surface area contributed by atoms with Gasteiger partial charge >= 0.3 is 0 Å². The zero-order valence-electron chi connectivity index (χ0n) is 15.9. The molecule has 0 spiro atoms. The van der Waals surface area contributed by atoms with Gasteiger partial charge in [0.25, 0.3) is 0 Å². The molecular weight excluding hydrogens is 336 g/mol.